The molecule has 2 atom stereocenters. The normalized spacial score (nSPS) is 13.9. The highest BCUT2D eigenvalue weighted by Crippen LogP contribution is 2.14. The van der Waals surface area contributed by atoms with Crippen LogP contribution in [0.1, 0.15) is 206 Å². The molecule has 56 heavy (non-hydrogen) atoms. The van der Waals surface area contributed by atoms with Crippen molar-refractivity contribution in [3.63, 3.8) is 0 Å². The molecular weight excluding hydrogens is 687 g/mol. The van der Waals surface area contributed by atoms with Crippen LogP contribution in [0.2, 0.25) is 0 Å². The van der Waals surface area contributed by atoms with Gasteiger partial charge in [0.15, 0.2) is 0 Å². The van der Waals surface area contributed by atoms with Gasteiger partial charge >= 0.3 is 0 Å². The average molecular weight is 776 g/mol. The van der Waals surface area contributed by atoms with Crippen LogP contribution in [0.15, 0.2) is 97.2 Å². The molecule has 0 saturated heterocycles. The summed E-state index contributed by atoms with van der Waals surface area (Å²) in [5.41, 5.74) is 0. The molecule has 320 valence electrons. The van der Waals surface area contributed by atoms with Crippen molar-refractivity contribution in [2.24, 2.45) is 0 Å². The van der Waals surface area contributed by atoms with Gasteiger partial charge in [-0.2, -0.15) is 0 Å². The van der Waals surface area contributed by atoms with Crippen LogP contribution in [-0.2, 0) is 4.79 Å². The number of rotatable bonds is 41. The van der Waals surface area contributed by atoms with Gasteiger partial charge < -0.3 is 15.5 Å². The number of carbonyl (C=O) groups is 1. The van der Waals surface area contributed by atoms with Gasteiger partial charge in [0, 0.05) is 6.42 Å². The van der Waals surface area contributed by atoms with Crippen LogP contribution >= 0.6 is 0 Å². The Hall–Kier alpha value is -2.69. The van der Waals surface area contributed by atoms with Crippen molar-refractivity contribution in [1.82, 2.24) is 5.32 Å². The molecule has 0 radical (unpaired) electrons. The van der Waals surface area contributed by atoms with Gasteiger partial charge in [-0.3, -0.25) is 4.79 Å². The molecule has 0 aliphatic carbocycles. The van der Waals surface area contributed by atoms with Gasteiger partial charge in [-0.05, 0) is 83.5 Å². The Bertz CT molecular complexity index is 1060. The number of aliphatic hydroxyl groups excluding tert-OH is 2. The quantitative estimate of drug-likeness (QED) is 0.0428. The predicted molar refractivity (Wildman–Crippen MR) is 248 cm³/mol. The number of allylic oxidation sites excluding steroid dienone is 15. The Morgan fingerprint density at radius 1 is 0.446 bits per heavy atom. The highest BCUT2D eigenvalue weighted by atomic mass is 16.3. The Labute approximate surface area is 347 Å². The van der Waals surface area contributed by atoms with Crippen LogP contribution in [-0.4, -0.2) is 34.9 Å². The van der Waals surface area contributed by atoms with Crippen LogP contribution in [0.3, 0.4) is 0 Å². The third kappa shape index (κ3) is 42.5. The van der Waals surface area contributed by atoms with Crippen LogP contribution in [0.25, 0.3) is 0 Å². The molecule has 0 rings (SSSR count). The van der Waals surface area contributed by atoms with Crippen molar-refractivity contribution >= 4 is 5.91 Å². The maximum Gasteiger partial charge on any atom is 0.220 e. The fraction of sp³-hybridized carbons (Fsp3) is 0.673. The number of nitrogens with one attached hydrogen (secondary N) is 1. The van der Waals surface area contributed by atoms with Crippen LogP contribution in [0.5, 0.6) is 0 Å². The lowest BCUT2D eigenvalue weighted by molar-refractivity contribution is -0.123. The molecule has 4 nitrogen and oxygen atoms in total. The number of unbranched alkanes of at least 4 members (excludes halogenated alkanes) is 20. The summed E-state index contributed by atoms with van der Waals surface area (Å²) < 4.78 is 0. The zero-order valence-electron chi connectivity index (χ0n) is 36.6. The van der Waals surface area contributed by atoms with Crippen molar-refractivity contribution in [2.45, 2.75) is 219 Å². The molecule has 0 saturated carbocycles. The Kier molecular flexibility index (Phi) is 44.4. The van der Waals surface area contributed by atoms with Crippen LogP contribution in [0.4, 0.5) is 0 Å². The maximum absolute atomic E-state index is 12.4. The van der Waals surface area contributed by atoms with E-state index in [1.165, 1.54) is 116 Å². The minimum atomic E-state index is -0.865. The highest BCUT2D eigenvalue weighted by molar-refractivity contribution is 5.76. The van der Waals surface area contributed by atoms with Gasteiger partial charge in [-0.25, -0.2) is 0 Å². The molecule has 3 N–H and O–H groups in total. The fourth-order valence-corrected chi connectivity index (χ4v) is 6.49. The van der Waals surface area contributed by atoms with E-state index in [-0.39, 0.29) is 12.5 Å². The Balaban J connectivity index is 3.55. The fourth-order valence-electron chi connectivity index (χ4n) is 6.49. The second-order valence-corrected chi connectivity index (χ2v) is 15.4. The van der Waals surface area contributed by atoms with Gasteiger partial charge in [0.25, 0.3) is 0 Å². The van der Waals surface area contributed by atoms with Gasteiger partial charge in [0.1, 0.15) is 0 Å². The standard InChI is InChI=1S/C52H89NO3/c1-3-5-7-9-11-13-15-16-17-18-19-20-21-22-23-24-25-26-27-28-29-30-31-32-33-34-35-36-38-40-42-44-46-48-52(56)53-50(49-54)51(55)47-45-43-41-39-37-14-12-10-8-6-4-2/h5,7,11,13,16-17,19-20,22-23,25-26,37,39,45,47,50-51,54-55H,3-4,6,8-10,12,14-15,18,21,24,27-36,38,40-44,46,48-49H2,1-2H3,(H,53,56)/b7-5-,13-11-,17-16-,20-19-,23-22-,26-25-,39-37+,47-45+. The van der Waals surface area contributed by atoms with Crippen molar-refractivity contribution in [2.75, 3.05) is 6.61 Å². The van der Waals surface area contributed by atoms with Crippen LogP contribution < -0.4 is 5.32 Å². The molecule has 1 amide bonds. The summed E-state index contributed by atoms with van der Waals surface area (Å²) in [6.45, 7) is 4.14. The molecule has 0 aromatic rings. The van der Waals surface area contributed by atoms with E-state index in [4.69, 9.17) is 0 Å². The second kappa shape index (κ2) is 46.7. The number of carbonyl (C=O) groups excluding carboxylic acids is 1. The van der Waals surface area contributed by atoms with Gasteiger partial charge in [0.2, 0.25) is 5.91 Å². The van der Waals surface area contributed by atoms with E-state index in [2.05, 4.69) is 104 Å². The average Bonchev–Trinajstić information content (AvgIpc) is 3.20. The van der Waals surface area contributed by atoms with Gasteiger partial charge in [-0.1, -0.05) is 214 Å². The predicted octanol–water partition coefficient (Wildman–Crippen LogP) is 15.0. The largest absolute Gasteiger partial charge is 0.394 e. The summed E-state index contributed by atoms with van der Waals surface area (Å²) in [6.07, 6.45) is 69.6. The van der Waals surface area contributed by atoms with E-state index in [1.807, 2.05) is 6.08 Å². The van der Waals surface area contributed by atoms with Crippen molar-refractivity contribution in [3.8, 4) is 0 Å². The zero-order chi connectivity index (χ0) is 40.7. The number of amides is 1. The summed E-state index contributed by atoms with van der Waals surface area (Å²) in [5.74, 6) is -0.0803. The third-order valence-corrected chi connectivity index (χ3v) is 10.1. The van der Waals surface area contributed by atoms with Crippen molar-refractivity contribution in [1.29, 1.82) is 0 Å². The van der Waals surface area contributed by atoms with E-state index in [0.717, 1.165) is 70.6 Å². The summed E-state index contributed by atoms with van der Waals surface area (Å²) in [7, 11) is 0. The van der Waals surface area contributed by atoms with Gasteiger partial charge in [-0.15, -0.1) is 0 Å². The smallest absolute Gasteiger partial charge is 0.220 e. The van der Waals surface area contributed by atoms with E-state index < -0.39 is 12.1 Å². The molecule has 0 aromatic heterocycles. The maximum atomic E-state index is 12.4. The van der Waals surface area contributed by atoms with E-state index >= 15 is 0 Å². The Morgan fingerprint density at radius 2 is 0.804 bits per heavy atom. The second-order valence-electron chi connectivity index (χ2n) is 15.4. The molecule has 0 spiro atoms. The van der Waals surface area contributed by atoms with Crippen molar-refractivity contribution in [3.05, 3.63) is 97.2 Å². The lowest BCUT2D eigenvalue weighted by Gasteiger charge is -2.19. The molecular formula is C52H89NO3. The van der Waals surface area contributed by atoms with E-state index in [9.17, 15) is 15.0 Å². The number of aliphatic hydroxyl groups is 2. The zero-order valence-corrected chi connectivity index (χ0v) is 36.6. The summed E-state index contributed by atoms with van der Waals surface area (Å²) in [5, 5.41) is 22.9. The lowest BCUT2D eigenvalue weighted by Crippen LogP contribution is -2.45. The van der Waals surface area contributed by atoms with Crippen molar-refractivity contribution < 1.29 is 15.0 Å². The third-order valence-electron chi connectivity index (χ3n) is 10.1. The molecule has 0 aromatic carbocycles. The molecule has 0 fully saturated rings. The minimum absolute atomic E-state index is 0.0803. The molecule has 0 aliphatic rings. The lowest BCUT2D eigenvalue weighted by atomic mass is 10.0. The molecule has 0 bridgehead atoms. The monoisotopic (exact) mass is 776 g/mol. The topological polar surface area (TPSA) is 69.6 Å². The first-order valence-corrected chi connectivity index (χ1v) is 23.5. The molecule has 0 heterocycles. The Morgan fingerprint density at radius 3 is 1.25 bits per heavy atom. The molecule has 4 heteroatoms. The number of hydrogen-bond donors (Lipinski definition) is 3. The first-order valence-electron chi connectivity index (χ1n) is 23.5. The highest BCUT2D eigenvalue weighted by Gasteiger charge is 2.17. The first-order chi connectivity index (χ1) is 27.7. The summed E-state index contributed by atoms with van der Waals surface area (Å²) in [4.78, 5) is 12.4. The van der Waals surface area contributed by atoms with Gasteiger partial charge in [0.05, 0.1) is 18.8 Å². The van der Waals surface area contributed by atoms with E-state index in [1.54, 1.807) is 6.08 Å². The SMILES string of the molecule is CC/C=C\C/C=C\C/C=C\C/C=C\C/C=C\C/C=C\CCCCCCCCCCCCCCCCC(=O)NC(CO)C(O)/C=C/CC/C=C/CCCCCCC. The molecule has 2 unspecified atom stereocenters. The molecule has 0 aliphatic heterocycles. The number of hydrogen-bond acceptors (Lipinski definition) is 3. The van der Waals surface area contributed by atoms with E-state index in [0.29, 0.717) is 6.42 Å². The summed E-state index contributed by atoms with van der Waals surface area (Å²) >= 11 is 0. The summed E-state index contributed by atoms with van der Waals surface area (Å²) in [6, 6.07) is -0.642. The first kappa shape index (κ1) is 53.3. The van der Waals surface area contributed by atoms with Crippen LogP contribution in [0, 0.1) is 0 Å². The minimum Gasteiger partial charge on any atom is -0.394 e.